The second-order valence-corrected chi connectivity index (χ2v) is 9.10. The first kappa shape index (κ1) is 19.2. The molecule has 4 rings (SSSR count). The number of hydrogen-bond acceptors (Lipinski definition) is 6. The summed E-state index contributed by atoms with van der Waals surface area (Å²) in [4.78, 5) is 35.5. The number of cyclic esters (lactones) is 2. The van der Waals surface area contributed by atoms with E-state index in [4.69, 9.17) is 14.2 Å². The topological polar surface area (TPSA) is 78.9 Å². The second kappa shape index (κ2) is 6.75. The maximum Gasteiger partial charge on any atom is 0.334 e. The summed E-state index contributed by atoms with van der Waals surface area (Å²) in [5, 5.41) is 0. The Labute approximate surface area is 165 Å². The summed E-state index contributed by atoms with van der Waals surface area (Å²) in [6.45, 7) is 6.76. The Morgan fingerprint density at radius 1 is 1.32 bits per heavy atom. The third-order valence-electron chi connectivity index (χ3n) is 7.67. The van der Waals surface area contributed by atoms with Crippen molar-refractivity contribution in [3.8, 4) is 0 Å². The van der Waals surface area contributed by atoms with Crippen molar-refractivity contribution in [1.82, 2.24) is 0 Å². The lowest BCUT2D eigenvalue weighted by atomic mass is 9.46. The van der Waals surface area contributed by atoms with Gasteiger partial charge in [-0.2, -0.15) is 0 Å². The van der Waals surface area contributed by atoms with Gasteiger partial charge in [0.1, 0.15) is 19.3 Å². The minimum Gasteiger partial charge on any atom is -0.461 e. The molecule has 152 valence electrons. The number of carbonyl (C=O) groups excluding carboxylic acids is 3. The monoisotopic (exact) mass is 388 g/mol. The van der Waals surface area contributed by atoms with Crippen molar-refractivity contribution < 1.29 is 28.6 Å². The van der Waals surface area contributed by atoms with Crippen LogP contribution in [0.4, 0.5) is 0 Å². The summed E-state index contributed by atoms with van der Waals surface area (Å²) >= 11 is 0. The molecule has 6 heteroatoms. The van der Waals surface area contributed by atoms with E-state index in [0.29, 0.717) is 31.1 Å². The number of esters is 3. The molecule has 0 bridgehead atoms. The second-order valence-electron chi connectivity index (χ2n) is 9.10. The number of rotatable bonds is 4. The van der Waals surface area contributed by atoms with Gasteiger partial charge in [0.2, 0.25) is 0 Å². The van der Waals surface area contributed by atoms with E-state index in [1.54, 1.807) is 6.08 Å². The number of ether oxygens (including phenoxy) is 3. The Bertz CT molecular complexity index is 780. The molecule has 2 aliphatic heterocycles. The first-order chi connectivity index (χ1) is 13.2. The average Bonchev–Trinajstić information content (AvgIpc) is 3.20. The largest absolute Gasteiger partial charge is 0.461 e. The summed E-state index contributed by atoms with van der Waals surface area (Å²) in [5.41, 5.74) is 1.38. The molecule has 1 spiro atoms. The van der Waals surface area contributed by atoms with E-state index in [0.717, 1.165) is 31.3 Å². The highest BCUT2D eigenvalue weighted by atomic mass is 16.5. The fourth-order valence-electron chi connectivity index (χ4n) is 5.92. The molecule has 5 atom stereocenters. The van der Waals surface area contributed by atoms with Crippen LogP contribution in [-0.2, 0) is 28.6 Å². The minimum absolute atomic E-state index is 0.0589. The van der Waals surface area contributed by atoms with Crippen LogP contribution in [0.2, 0.25) is 0 Å². The first-order valence-electron chi connectivity index (χ1n) is 10.2. The lowest BCUT2D eigenvalue weighted by Gasteiger charge is -2.57. The molecule has 1 saturated carbocycles. The molecule has 1 saturated heterocycles. The molecule has 0 aromatic carbocycles. The fourth-order valence-corrected chi connectivity index (χ4v) is 5.92. The number of hydrogen-bond donors (Lipinski definition) is 0. The van der Waals surface area contributed by atoms with Crippen LogP contribution in [-0.4, -0.2) is 37.2 Å². The van der Waals surface area contributed by atoms with Crippen LogP contribution in [0.15, 0.2) is 23.3 Å². The molecular formula is C22H28O6. The highest BCUT2D eigenvalue weighted by Crippen LogP contribution is 2.64. The molecule has 6 nitrogen and oxygen atoms in total. The van der Waals surface area contributed by atoms with Gasteiger partial charge in [-0.05, 0) is 61.0 Å². The third-order valence-corrected chi connectivity index (χ3v) is 7.67. The minimum atomic E-state index is -0.392. The lowest BCUT2D eigenvalue weighted by molar-refractivity contribution is -0.149. The predicted molar refractivity (Wildman–Crippen MR) is 99.9 cm³/mol. The van der Waals surface area contributed by atoms with Gasteiger partial charge in [0.05, 0.1) is 0 Å². The molecule has 0 aromatic heterocycles. The van der Waals surface area contributed by atoms with E-state index in [1.807, 2.05) is 6.08 Å². The van der Waals surface area contributed by atoms with Crippen molar-refractivity contribution in [2.75, 3.05) is 13.2 Å². The lowest BCUT2D eigenvalue weighted by Crippen LogP contribution is -2.53. The summed E-state index contributed by atoms with van der Waals surface area (Å²) in [6, 6.07) is 0. The van der Waals surface area contributed by atoms with Crippen LogP contribution in [0.1, 0.15) is 52.9 Å². The van der Waals surface area contributed by atoms with Gasteiger partial charge < -0.3 is 14.2 Å². The molecule has 28 heavy (non-hydrogen) atoms. The van der Waals surface area contributed by atoms with Gasteiger partial charge in [-0.15, -0.1) is 0 Å². The van der Waals surface area contributed by atoms with Gasteiger partial charge in [-0.3, -0.25) is 4.79 Å². The van der Waals surface area contributed by atoms with Gasteiger partial charge in [-0.1, -0.05) is 13.8 Å². The van der Waals surface area contributed by atoms with Crippen LogP contribution in [0, 0.1) is 22.7 Å². The Morgan fingerprint density at radius 3 is 2.79 bits per heavy atom. The molecule has 2 aliphatic carbocycles. The zero-order valence-electron chi connectivity index (χ0n) is 16.8. The highest BCUT2D eigenvalue weighted by molar-refractivity contribution is 5.93. The normalized spacial score (nSPS) is 39.3. The predicted octanol–water partition coefficient (Wildman–Crippen LogP) is 3.11. The van der Waals surface area contributed by atoms with Gasteiger partial charge in [0.25, 0.3) is 0 Å². The van der Waals surface area contributed by atoms with Crippen molar-refractivity contribution in [3.05, 3.63) is 23.3 Å². The summed E-state index contributed by atoms with van der Waals surface area (Å²) in [7, 11) is 0. The molecule has 0 N–H and O–H groups in total. The molecular weight excluding hydrogens is 360 g/mol. The first-order valence-corrected chi connectivity index (χ1v) is 10.2. The maximum absolute atomic E-state index is 12.5. The summed E-state index contributed by atoms with van der Waals surface area (Å²) in [5.74, 6) is -0.233. The molecule has 0 radical (unpaired) electrons. The fraction of sp³-hybridized carbons (Fsp3) is 0.682. The Kier molecular flexibility index (Phi) is 4.63. The Morgan fingerprint density at radius 2 is 2.11 bits per heavy atom. The standard InChI is InChI=1S/C22H28O6/c1-13-4-7-22-12-27-20(25)17(22)9-16(28-14(2)23)10-18(22)21(13,3)6-5-15-8-19(24)26-11-15/h8-9,13,16,18H,4-7,10-12H2,1-3H3/t13-,16-,18+,21+,22+/m1/s1. The summed E-state index contributed by atoms with van der Waals surface area (Å²) in [6.07, 6.45) is 7.38. The average molecular weight is 388 g/mol. The molecule has 0 aromatic rings. The maximum atomic E-state index is 12.5. The van der Waals surface area contributed by atoms with E-state index in [1.165, 1.54) is 6.92 Å². The third kappa shape index (κ3) is 2.97. The smallest absolute Gasteiger partial charge is 0.334 e. The molecule has 0 amide bonds. The van der Waals surface area contributed by atoms with Crippen molar-refractivity contribution >= 4 is 17.9 Å². The highest BCUT2D eigenvalue weighted by Gasteiger charge is 2.62. The van der Waals surface area contributed by atoms with Crippen LogP contribution in [0.25, 0.3) is 0 Å². The van der Waals surface area contributed by atoms with Crippen LogP contribution >= 0.6 is 0 Å². The van der Waals surface area contributed by atoms with E-state index >= 15 is 0 Å². The summed E-state index contributed by atoms with van der Waals surface area (Å²) < 4.78 is 16.1. The molecule has 2 heterocycles. The van der Waals surface area contributed by atoms with E-state index < -0.39 is 6.10 Å². The van der Waals surface area contributed by atoms with E-state index in [-0.39, 0.29) is 34.7 Å². The quantitative estimate of drug-likeness (QED) is 0.544. The van der Waals surface area contributed by atoms with Gasteiger partial charge in [0.15, 0.2) is 0 Å². The zero-order valence-corrected chi connectivity index (χ0v) is 16.8. The molecule has 4 aliphatic rings. The van der Waals surface area contributed by atoms with Gasteiger partial charge >= 0.3 is 17.9 Å². The van der Waals surface area contributed by atoms with Crippen molar-refractivity contribution in [3.63, 3.8) is 0 Å². The van der Waals surface area contributed by atoms with Gasteiger partial charge in [0, 0.05) is 24.0 Å². The molecule has 2 fully saturated rings. The van der Waals surface area contributed by atoms with E-state index in [2.05, 4.69) is 13.8 Å². The van der Waals surface area contributed by atoms with Gasteiger partial charge in [-0.25, -0.2) is 9.59 Å². The Hall–Kier alpha value is -2.11. The van der Waals surface area contributed by atoms with Crippen molar-refractivity contribution in [1.29, 1.82) is 0 Å². The van der Waals surface area contributed by atoms with Crippen LogP contribution in [0.5, 0.6) is 0 Å². The SMILES string of the molecule is CC(=O)O[C@@H]1C=C2C(=O)OC[C@@]23CC[C@@H](C)[C@](C)(CCC2=CC(=O)OC2)[C@@H]3C1. The van der Waals surface area contributed by atoms with Crippen molar-refractivity contribution in [2.24, 2.45) is 22.7 Å². The number of carbonyl (C=O) groups is 3. The van der Waals surface area contributed by atoms with Crippen LogP contribution in [0.3, 0.4) is 0 Å². The van der Waals surface area contributed by atoms with Crippen LogP contribution < -0.4 is 0 Å². The zero-order chi connectivity index (χ0) is 20.1. The van der Waals surface area contributed by atoms with Crippen molar-refractivity contribution in [2.45, 2.75) is 59.0 Å². The Balaban J connectivity index is 1.66. The molecule has 0 unspecified atom stereocenters. The van der Waals surface area contributed by atoms with E-state index in [9.17, 15) is 14.4 Å².